The topological polar surface area (TPSA) is 74.8 Å². The highest BCUT2D eigenvalue weighted by Gasteiger charge is 2.22. The average molecular weight is 382 g/mol. The van der Waals surface area contributed by atoms with Crippen molar-refractivity contribution < 1.29 is 14.3 Å². The fourth-order valence-electron chi connectivity index (χ4n) is 3.11. The monoisotopic (exact) mass is 382 g/mol. The van der Waals surface area contributed by atoms with Gasteiger partial charge < -0.3 is 19.9 Å². The van der Waals surface area contributed by atoms with Crippen LogP contribution in [0.4, 0.5) is 16.3 Å². The third-order valence-electron chi connectivity index (χ3n) is 4.78. The van der Waals surface area contributed by atoms with Crippen LogP contribution in [0.2, 0.25) is 0 Å². The van der Waals surface area contributed by atoms with Crippen LogP contribution in [0.25, 0.3) is 0 Å². The summed E-state index contributed by atoms with van der Waals surface area (Å²) in [6.07, 6.45) is 1.32. The summed E-state index contributed by atoms with van der Waals surface area (Å²) in [6, 6.07) is 9.59. The summed E-state index contributed by atoms with van der Waals surface area (Å²) in [4.78, 5) is 32.5. The summed E-state index contributed by atoms with van der Waals surface area (Å²) >= 11 is 0. The van der Waals surface area contributed by atoms with Crippen LogP contribution in [-0.4, -0.2) is 54.7 Å². The molecule has 3 rings (SSSR count). The third kappa shape index (κ3) is 4.60. The molecular formula is C21H26N4O3. The van der Waals surface area contributed by atoms with Crippen LogP contribution in [-0.2, 0) is 4.74 Å². The average Bonchev–Trinajstić information content (AvgIpc) is 2.71. The first-order valence-electron chi connectivity index (χ1n) is 9.49. The Kier molecular flexibility index (Phi) is 6.13. The summed E-state index contributed by atoms with van der Waals surface area (Å²) in [7, 11) is 0. The van der Waals surface area contributed by atoms with E-state index in [0.29, 0.717) is 38.3 Å². The first-order chi connectivity index (χ1) is 13.5. The molecule has 7 heteroatoms. The van der Waals surface area contributed by atoms with Crippen LogP contribution in [0.5, 0.6) is 0 Å². The molecule has 1 saturated heterocycles. The van der Waals surface area contributed by atoms with Gasteiger partial charge in [0.25, 0.3) is 5.91 Å². The SMILES string of the molecule is CCOC(=O)N1CCN(c2ccc(C(=O)Nc3cc(C)ccc3C)cn2)CC1. The van der Waals surface area contributed by atoms with E-state index >= 15 is 0 Å². The zero-order valence-corrected chi connectivity index (χ0v) is 16.6. The largest absolute Gasteiger partial charge is 0.450 e. The van der Waals surface area contributed by atoms with Gasteiger partial charge >= 0.3 is 6.09 Å². The number of pyridine rings is 1. The lowest BCUT2D eigenvalue weighted by Gasteiger charge is -2.34. The van der Waals surface area contributed by atoms with Gasteiger partial charge in [0.15, 0.2) is 0 Å². The molecule has 0 saturated carbocycles. The van der Waals surface area contributed by atoms with Crippen molar-refractivity contribution >= 4 is 23.5 Å². The van der Waals surface area contributed by atoms with Crippen molar-refractivity contribution in [2.75, 3.05) is 43.0 Å². The minimum atomic E-state index is -0.270. The lowest BCUT2D eigenvalue weighted by molar-refractivity contribution is 0.102. The molecule has 1 fully saturated rings. The number of piperazine rings is 1. The van der Waals surface area contributed by atoms with E-state index in [0.717, 1.165) is 22.6 Å². The molecule has 0 atom stereocenters. The van der Waals surface area contributed by atoms with Crippen molar-refractivity contribution in [1.82, 2.24) is 9.88 Å². The lowest BCUT2D eigenvalue weighted by Crippen LogP contribution is -2.49. The van der Waals surface area contributed by atoms with Gasteiger partial charge in [0.1, 0.15) is 5.82 Å². The molecule has 1 aliphatic heterocycles. The Bertz CT molecular complexity index is 843. The Morgan fingerprint density at radius 3 is 2.50 bits per heavy atom. The Balaban J connectivity index is 1.60. The van der Waals surface area contributed by atoms with Gasteiger partial charge in [0.05, 0.1) is 12.2 Å². The fraction of sp³-hybridized carbons (Fsp3) is 0.381. The highest BCUT2D eigenvalue weighted by Crippen LogP contribution is 2.19. The maximum Gasteiger partial charge on any atom is 0.409 e. The van der Waals surface area contributed by atoms with E-state index in [4.69, 9.17) is 4.74 Å². The molecule has 148 valence electrons. The van der Waals surface area contributed by atoms with E-state index in [1.54, 1.807) is 24.1 Å². The van der Waals surface area contributed by atoms with Crippen molar-refractivity contribution in [3.63, 3.8) is 0 Å². The van der Waals surface area contributed by atoms with Crippen LogP contribution >= 0.6 is 0 Å². The number of carbonyl (C=O) groups is 2. The molecule has 7 nitrogen and oxygen atoms in total. The molecule has 2 heterocycles. The Hall–Kier alpha value is -3.09. The van der Waals surface area contributed by atoms with Gasteiger partial charge in [-0.15, -0.1) is 0 Å². The fourth-order valence-corrected chi connectivity index (χ4v) is 3.11. The molecule has 0 unspecified atom stereocenters. The van der Waals surface area contributed by atoms with E-state index < -0.39 is 0 Å². The highest BCUT2D eigenvalue weighted by atomic mass is 16.6. The van der Waals surface area contributed by atoms with Crippen molar-refractivity contribution in [3.05, 3.63) is 53.2 Å². The van der Waals surface area contributed by atoms with E-state index in [-0.39, 0.29) is 12.0 Å². The Labute approximate surface area is 165 Å². The quantitative estimate of drug-likeness (QED) is 0.879. The molecule has 0 spiro atoms. The highest BCUT2D eigenvalue weighted by molar-refractivity contribution is 6.04. The summed E-state index contributed by atoms with van der Waals surface area (Å²) in [5.74, 6) is 0.617. The second kappa shape index (κ2) is 8.73. The molecule has 2 aromatic rings. The van der Waals surface area contributed by atoms with Gasteiger partial charge in [-0.1, -0.05) is 12.1 Å². The molecule has 1 aliphatic rings. The molecule has 28 heavy (non-hydrogen) atoms. The van der Waals surface area contributed by atoms with Gasteiger partial charge in [-0.3, -0.25) is 4.79 Å². The Morgan fingerprint density at radius 2 is 1.86 bits per heavy atom. The number of carbonyl (C=O) groups excluding carboxylic acids is 2. The van der Waals surface area contributed by atoms with Gasteiger partial charge in [0, 0.05) is 38.1 Å². The van der Waals surface area contributed by atoms with Gasteiger partial charge in [-0.2, -0.15) is 0 Å². The van der Waals surface area contributed by atoms with Gasteiger partial charge in [-0.25, -0.2) is 9.78 Å². The number of hydrogen-bond donors (Lipinski definition) is 1. The molecule has 1 aromatic carbocycles. The van der Waals surface area contributed by atoms with E-state index in [1.165, 1.54) is 0 Å². The first-order valence-corrected chi connectivity index (χ1v) is 9.49. The number of nitrogens with zero attached hydrogens (tertiary/aromatic N) is 3. The van der Waals surface area contributed by atoms with Gasteiger partial charge in [0.2, 0.25) is 0 Å². The predicted octanol–water partition coefficient (Wildman–Crippen LogP) is 3.23. The van der Waals surface area contributed by atoms with Crippen molar-refractivity contribution in [3.8, 4) is 0 Å². The molecule has 2 amide bonds. The first kappa shape index (κ1) is 19.7. The standard InChI is InChI=1S/C21H26N4O3/c1-4-28-21(27)25-11-9-24(10-12-25)19-8-7-17(14-22-19)20(26)23-18-13-15(2)5-6-16(18)3/h5-8,13-14H,4,9-12H2,1-3H3,(H,23,26). The second-order valence-corrected chi connectivity index (χ2v) is 6.85. The van der Waals surface area contributed by atoms with Crippen molar-refractivity contribution in [1.29, 1.82) is 0 Å². The third-order valence-corrected chi connectivity index (χ3v) is 4.78. The minimum Gasteiger partial charge on any atom is -0.450 e. The number of hydrogen-bond acceptors (Lipinski definition) is 5. The normalized spacial score (nSPS) is 14.0. The lowest BCUT2D eigenvalue weighted by atomic mass is 10.1. The van der Waals surface area contributed by atoms with Crippen LogP contribution in [0.1, 0.15) is 28.4 Å². The summed E-state index contributed by atoms with van der Waals surface area (Å²) in [5, 5.41) is 2.95. The number of ether oxygens (including phenoxy) is 1. The molecule has 0 radical (unpaired) electrons. The number of aryl methyl sites for hydroxylation is 2. The molecule has 1 aromatic heterocycles. The Morgan fingerprint density at radius 1 is 1.11 bits per heavy atom. The van der Waals surface area contributed by atoms with Crippen molar-refractivity contribution in [2.45, 2.75) is 20.8 Å². The summed E-state index contributed by atoms with van der Waals surface area (Å²) < 4.78 is 5.04. The van der Waals surface area contributed by atoms with Gasteiger partial charge in [-0.05, 0) is 50.1 Å². The number of amides is 2. The number of benzene rings is 1. The van der Waals surface area contributed by atoms with Crippen molar-refractivity contribution in [2.24, 2.45) is 0 Å². The molecular weight excluding hydrogens is 356 g/mol. The van der Waals surface area contributed by atoms with E-state index in [9.17, 15) is 9.59 Å². The summed E-state index contributed by atoms with van der Waals surface area (Å²) in [5.41, 5.74) is 3.43. The van der Waals surface area contributed by atoms with Crippen LogP contribution in [0.15, 0.2) is 36.5 Å². The number of anilines is 2. The zero-order chi connectivity index (χ0) is 20.1. The molecule has 0 aliphatic carbocycles. The number of rotatable bonds is 4. The maximum atomic E-state index is 12.5. The van der Waals surface area contributed by atoms with E-state index in [1.807, 2.05) is 38.1 Å². The maximum absolute atomic E-state index is 12.5. The predicted molar refractivity (Wildman–Crippen MR) is 109 cm³/mol. The molecule has 0 bridgehead atoms. The number of nitrogens with one attached hydrogen (secondary N) is 1. The minimum absolute atomic E-state index is 0.181. The van der Waals surface area contributed by atoms with Crippen LogP contribution < -0.4 is 10.2 Å². The second-order valence-electron chi connectivity index (χ2n) is 6.85. The smallest absolute Gasteiger partial charge is 0.409 e. The summed E-state index contributed by atoms with van der Waals surface area (Å²) in [6.45, 7) is 8.69. The zero-order valence-electron chi connectivity index (χ0n) is 16.6. The molecule has 1 N–H and O–H groups in total. The number of aromatic nitrogens is 1. The van der Waals surface area contributed by atoms with Crippen LogP contribution in [0, 0.1) is 13.8 Å². The van der Waals surface area contributed by atoms with E-state index in [2.05, 4.69) is 15.2 Å². The van der Waals surface area contributed by atoms with Crippen LogP contribution in [0.3, 0.4) is 0 Å².